The van der Waals surface area contributed by atoms with E-state index in [1.54, 1.807) is 35.6 Å². The smallest absolute Gasteiger partial charge is 0.349 e. The van der Waals surface area contributed by atoms with Crippen LogP contribution in [0.4, 0.5) is 0 Å². The van der Waals surface area contributed by atoms with Crippen molar-refractivity contribution < 1.29 is 9.21 Å². The normalized spacial score (nSPS) is 10.7. The molecule has 0 radical (unpaired) electrons. The molecule has 0 atom stereocenters. The van der Waals surface area contributed by atoms with E-state index in [0.29, 0.717) is 12.1 Å². The molecule has 2 heterocycles. The molecular formula is C16H13NO3S. The summed E-state index contributed by atoms with van der Waals surface area (Å²) < 4.78 is 5.16. The third-order valence-electron chi connectivity index (χ3n) is 3.11. The van der Waals surface area contributed by atoms with Crippen LogP contribution in [0.1, 0.15) is 20.1 Å². The SMILES string of the molecule is Cc1ccc(CNC(=O)c2cc3ccccc3oc2=O)s1. The number of hydrogen-bond acceptors (Lipinski definition) is 4. The zero-order valence-electron chi connectivity index (χ0n) is 11.4. The Morgan fingerprint density at radius 1 is 1.24 bits per heavy atom. The molecule has 0 aliphatic rings. The maximum absolute atomic E-state index is 12.1. The van der Waals surface area contributed by atoms with Gasteiger partial charge in [-0.2, -0.15) is 0 Å². The lowest BCUT2D eigenvalue weighted by Crippen LogP contribution is -2.27. The number of fused-ring (bicyclic) bond motifs is 1. The number of benzene rings is 1. The van der Waals surface area contributed by atoms with Crippen molar-refractivity contribution in [1.29, 1.82) is 0 Å². The van der Waals surface area contributed by atoms with Crippen molar-refractivity contribution in [2.45, 2.75) is 13.5 Å². The summed E-state index contributed by atoms with van der Waals surface area (Å²) in [5, 5.41) is 3.48. The summed E-state index contributed by atoms with van der Waals surface area (Å²) in [5.41, 5.74) is -0.108. The molecule has 21 heavy (non-hydrogen) atoms. The monoisotopic (exact) mass is 299 g/mol. The first-order chi connectivity index (χ1) is 10.1. The standard InChI is InChI=1S/C16H13NO3S/c1-10-6-7-12(21-10)9-17-15(18)13-8-11-4-2-3-5-14(11)20-16(13)19/h2-8H,9H2,1H3,(H,17,18). The number of hydrogen-bond donors (Lipinski definition) is 1. The van der Waals surface area contributed by atoms with Crippen LogP contribution in [0.15, 0.2) is 51.7 Å². The van der Waals surface area contributed by atoms with E-state index in [2.05, 4.69) is 5.32 Å². The molecule has 0 saturated carbocycles. The van der Waals surface area contributed by atoms with Gasteiger partial charge in [0.15, 0.2) is 0 Å². The van der Waals surface area contributed by atoms with Crippen LogP contribution < -0.4 is 10.9 Å². The number of carbonyl (C=O) groups is 1. The van der Waals surface area contributed by atoms with Crippen molar-refractivity contribution in [1.82, 2.24) is 5.32 Å². The molecule has 2 aromatic heterocycles. The molecule has 0 aliphatic carbocycles. The Hall–Kier alpha value is -2.40. The first-order valence-electron chi connectivity index (χ1n) is 6.50. The van der Waals surface area contributed by atoms with Gasteiger partial charge in [-0.25, -0.2) is 4.79 Å². The highest BCUT2D eigenvalue weighted by atomic mass is 32.1. The second-order valence-electron chi connectivity index (χ2n) is 4.68. The minimum Gasteiger partial charge on any atom is -0.422 e. The predicted octanol–water partition coefficient (Wildman–Crippen LogP) is 3.09. The van der Waals surface area contributed by atoms with Crippen molar-refractivity contribution >= 4 is 28.2 Å². The molecule has 106 valence electrons. The quantitative estimate of drug-likeness (QED) is 0.756. The van der Waals surface area contributed by atoms with E-state index < -0.39 is 11.5 Å². The van der Waals surface area contributed by atoms with Crippen molar-refractivity contribution in [3.63, 3.8) is 0 Å². The van der Waals surface area contributed by atoms with Gasteiger partial charge in [0.2, 0.25) is 0 Å². The van der Waals surface area contributed by atoms with Crippen LogP contribution in [0.5, 0.6) is 0 Å². The minimum absolute atomic E-state index is 0.0296. The van der Waals surface area contributed by atoms with Crippen molar-refractivity contribution in [3.8, 4) is 0 Å². The van der Waals surface area contributed by atoms with Gasteiger partial charge >= 0.3 is 5.63 Å². The zero-order chi connectivity index (χ0) is 14.8. The zero-order valence-corrected chi connectivity index (χ0v) is 12.2. The van der Waals surface area contributed by atoms with Crippen LogP contribution in [-0.2, 0) is 6.54 Å². The molecule has 1 aromatic carbocycles. The molecule has 4 nitrogen and oxygen atoms in total. The molecule has 0 unspecified atom stereocenters. The molecule has 0 aliphatic heterocycles. The minimum atomic E-state index is -0.617. The van der Waals surface area contributed by atoms with Crippen LogP contribution in [-0.4, -0.2) is 5.91 Å². The molecule has 1 amide bonds. The number of para-hydroxylation sites is 1. The lowest BCUT2D eigenvalue weighted by atomic mass is 10.2. The molecule has 0 spiro atoms. The number of rotatable bonds is 3. The van der Waals surface area contributed by atoms with Crippen LogP contribution in [0.3, 0.4) is 0 Å². The highest BCUT2D eigenvalue weighted by Crippen LogP contribution is 2.15. The molecule has 3 aromatic rings. The molecule has 5 heteroatoms. The van der Waals surface area contributed by atoms with E-state index in [9.17, 15) is 9.59 Å². The van der Waals surface area contributed by atoms with Gasteiger partial charge in [0, 0.05) is 15.1 Å². The van der Waals surface area contributed by atoms with Crippen molar-refractivity contribution in [3.05, 3.63) is 68.2 Å². The fourth-order valence-electron chi connectivity index (χ4n) is 2.06. The second kappa shape index (κ2) is 5.54. The predicted molar refractivity (Wildman–Crippen MR) is 82.7 cm³/mol. The summed E-state index contributed by atoms with van der Waals surface area (Å²) >= 11 is 1.62. The van der Waals surface area contributed by atoms with Crippen molar-refractivity contribution in [2.24, 2.45) is 0 Å². The van der Waals surface area contributed by atoms with Crippen LogP contribution in [0.2, 0.25) is 0 Å². The van der Waals surface area contributed by atoms with Gasteiger partial charge in [-0.1, -0.05) is 18.2 Å². The Morgan fingerprint density at radius 2 is 2.05 bits per heavy atom. The molecular weight excluding hydrogens is 286 g/mol. The highest BCUT2D eigenvalue weighted by molar-refractivity contribution is 7.11. The Balaban J connectivity index is 1.84. The number of thiophene rings is 1. The van der Waals surface area contributed by atoms with Crippen LogP contribution in [0, 0.1) is 6.92 Å². The molecule has 1 N–H and O–H groups in total. The van der Waals surface area contributed by atoms with Gasteiger partial charge in [-0.15, -0.1) is 11.3 Å². The fraction of sp³-hybridized carbons (Fsp3) is 0.125. The Morgan fingerprint density at radius 3 is 2.81 bits per heavy atom. The summed E-state index contributed by atoms with van der Waals surface area (Å²) in [6.45, 7) is 2.41. The van der Waals surface area contributed by atoms with Gasteiger partial charge in [0.1, 0.15) is 11.1 Å². The van der Waals surface area contributed by atoms with E-state index in [1.165, 1.54) is 4.88 Å². The van der Waals surface area contributed by atoms with Gasteiger partial charge in [0.05, 0.1) is 6.54 Å². The third kappa shape index (κ3) is 2.87. The highest BCUT2D eigenvalue weighted by Gasteiger charge is 2.13. The maximum Gasteiger partial charge on any atom is 0.349 e. The second-order valence-corrected chi connectivity index (χ2v) is 6.05. The van der Waals surface area contributed by atoms with E-state index in [4.69, 9.17) is 4.42 Å². The summed E-state index contributed by atoms with van der Waals surface area (Å²) in [6.07, 6.45) is 0. The van der Waals surface area contributed by atoms with Crippen LogP contribution >= 0.6 is 11.3 Å². The van der Waals surface area contributed by atoms with Crippen LogP contribution in [0.25, 0.3) is 11.0 Å². The summed E-state index contributed by atoms with van der Waals surface area (Å²) in [7, 11) is 0. The van der Waals surface area contributed by atoms with Gasteiger partial charge in [-0.05, 0) is 31.2 Å². The first-order valence-corrected chi connectivity index (χ1v) is 7.31. The number of amides is 1. The molecule has 0 bridgehead atoms. The lowest BCUT2D eigenvalue weighted by molar-refractivity contribution is 0.0948. The van der Waals surface area contributed by atoms with E-state index in [-0.39, 0.29) is 5.56 Å². The number of aryl methyl sites for hydroxylation is 1. The lowest BCUT2D eigenvalue weighted by Gasteiger charge is -2.03. The number of nitrogens with one attached hydrogen (secondary N) is 1. The Bertz CT molecular complexity index is 863. The van der Waals surface area contributed by atoms with Gasteiger partial charge in [-0.3, -0.25) is 4.79 Å². The average Bonchev–Trinajstić information content (AvgIpc) is 2.89. The molecule has 0 fully saturated rings. The molecule has 3 rings (SSSR count). The maximum atomic E-state index is 12.1. The van der Waals surface area contributed by atoms with E-state index >= 15 is 0 Å². The van der Waals surface area contributed by atoms with Gasteiger partial charge < -0.3 is 9.73 Å². The van der Waals surface area contributed by atoms with Crippen molar-refractivity contribution in [2.75, 3.05) is 0 Å². The summed E-state index contributed by atoms with van der Waals surface area (Å²) in [4.78, 5) is 26.2. The summed E-state index contributed by atoms with van der Waals surface area (Å²) in [5.74, 6) is -0.416. The largest absolute Gasteiger partial charge is 0.422 e. The van der Waals surface area contributed by atoms with E-state index in [0.717, 1.165) is 10.3 Å². The number of carbonyl (C=O) groups excluding carboxylic acids is 1. The fourth-order valence-corrected chi connectivity index (χ4v) is 2.89. The topological polar surface area (TPSA) is 59.3 Å². The Labute approximate surface area is 125 Å². The average molecular weight is 299 g/mol. The van der Waals surface area contributed by atoms with E-state index in [1.807, 2.05) is 25.1 Å². The summed E-state index contributed by atoms with van der Waals surface area (Å²) in [6, 6.07) is 12.6. The van der Waals surface area contributed by atoms with Gasteiger partial charge in [0.25, 0.3) is 5.91 Å². The molecule has 0 saturated heterocycles. The first kappa shape index (κ1) is 13.6. The Kier molecular flexibility index (Phi) is 3.58. The third-order valence-corrected chi connectivity index (χ3v) is 4.11.